The molecule has 1 aliphatic carbocycles. The summed E-state index contributed by atoms with van der Waals surface area (Å²) in [6.07, 6.45) is 6.00. The fourth-order valence-corrected chi connectivity index (χ4v) is 1.69. The van der Waals surface area contributed by atoms with Gasteiger partial charge in [0.25, 0.3) is 0 Å². The monoisotopic (exact) mass is 164 g/mol. The van der Waals surface area contributed by atoms with Crippen molar-refractivity contribution >= 4 is 0 Å². The second kappa shape index (κ2) is 2.94. The maximum absolute atomic E-state index is 6.06. The van der Waals surface area contributed by atoms with Crippen LogP contribution in [0.4, 0.5) is 0 Å². The molecule has 0 aromatic carbocycles. The molecule has 1 saturated carbocycles. The van der Waals surface area contributed by atoms with Crippen LogP contribution in [0.3, 0.4) is 0 Å². The van der Waals surface area contributed by atoms with Crippen molar-refractivity contribution in [2.45, 2.75) is 25.3 Å². The Morgan fingerprint density at radius 2 is 2.42 bits per heavy atom. The molecular formula is C10H16N2. The molecule has 1 aromatic heterocycles. The fourth-order valence-electron chi connectivity index (χ4n) is 1.69. The van der Waals surface area contributed by atoms with Crippen molar-refractivity contribution in [2.24, 2.45) is 18.7 Å². The first-order valence-corrected chi connectivity index (χ1v) is 4.64. The molecule has 0 aliphatic heterocycles. The van der Waals surface area contributed by atoms with E-state index in [9.17, 15) is 0 Å². The topological polar surface area (TPSA) is 30.9 Å². The van der Waals surface area contributed by atoms with Gasteiger partial charge in [-0.25, -0.2) is 0 Å². The van der Waals surface area contributed by atoms with Crippen LogP contribution in [0.25, 0.3) is 0 Å². The van der Waals surface area contributed by atoms with Crippen LogP contribution in [0, 0.1) is 5.92 Å². The Balaban J connectivity index is 2.02. The van der Waals surface area contributed by atoms with Crippen molar-refractivity contribution in [3.05, 3.63) is 24.0 Å². The Hall–Kier alpha value is -0.760. The van der Waals surface area contributed by atoms with Crippen molar-refractivity contribution in [1.29, 1.82) is 0 Å². The Kier molecular flexibility index (Phi) is 1.93. The molecule has 2 N–H and O–H groups in total. The first-order valence-electron chi connectivity index (χ1n) is 4.64. The molecule has 0 spiro atoms. The van der Waals surface area contributed by atoms with E-state index >= 15 is 0 Å². The van der Waals surface area contributed by atoms with Gasteiger partial charge in [-0.15, -0.1) is 0 Å². The molecule has 2 nitrogen and oxygen atoms in total. The highest BCUT2D eigenvalue weighted by Crippen LogP contribution is 2.36. The minimum atomic E-state index is 0.248. The summed E-state index contributed by atoms with van der Waals surface area (Å²) < 4.78 is 2.12. The fraction of sp³-hybridized carbons (Fsp3) is 0.600. The molecule has 1 unspecified atom stereocenters. The van der Waals surface area contributed by atoms with E-state index in [0.717, 1.165) is 12.3 Å². The largest absolute Gasteiger partial charge is 0.353 e. The van der Waals surface area contributed by atoms with E-state index in [-0.39, 0.29) is 6.04 Å². The smallest absolute Gasteiger partial charge is 0.0452 e. The summed E-state index contributed by atoms with van der Waals surface area (Å²) in [5.41, 5.74) is 7.33. The van der Waals surface area contributed by atoms with Crippen LogP contribution >= 0.6 is 0 Å². The molecule has 2 heteroatoms. The van der Waals surface area contributed by atoms with Crippen LogP contribution in [-0.2, 0) is 7.05 Å². The second-order valence-corrected chi connectivity index (χ2v) is 3.83. The highest BCUT2D eigenvalue weighted by atomic mass is 14.9. The van der Waals surface area contributed by atoms with Gasteiger partial charge in [-0.2, -0.15) is 0 Å². The molecule has 66 valence electrons. The first-order chi connectivity index (χ1) is 5.77. The zero-order chi connectivity index (χ0) is 8.55. The number of aryl methyl sites for hydroxylation is 1. The number of hydrogen-bond donors (Lipinski definition) is 1. The lowest BCUT2D eigenvalue weighted by atomic mass is 10.1. The molecular weight excluding hydrogens is 148 g/mol. The summed E-state index contributed by atoms with van der Waals surface area (Å²) in [5, 5.41) is 0. The van der Waals surface area contributed by atoms with Crippen molar-refractivity contribution in [1.82, 2.24) is 4.57 Å². The molecule has 0 radical (unpaired) electrons. The van der Waals surface area contributed by atoms with Gasteiger partial charge >= 0.3 is 0 Å². The van der Waals surface area contributed by atoms with Gasteiger partial charge in [0.05, 0.1) is 0 Å². The van der Waals surface area contributed by atoms with Crippen molar-refractivity contribution in [3.63, 3.8) is 0 Å². The van der Waals surface area contributed by atoms with Crippen molar-refractivity contribution < 1.29 is 0 Å². The third-order valence-electron chi connectivity index (χ3n) is 2.65. The molecule has 2 rings (SSSR count). The highest BCUT2D eigenvalue weighted by Gasteiger charge is 2.25. The van der Waals surface area contributed by atoms with Crippen LogP contribution < -0.4 is 5.73 Å². The van der Waals surface area contributed by atoms with Gasteiger partial charge < -0.3 is 10.3 Å². The molecule has 0 amide bonds. The zero-order valence-corrected chi connectivity index (χ0v) is 7.53. The van der Waals surface area contributed by atoms with E-state index in [1.165, 1.54) is 18.5 Å². The van der Waals surface area contributed by atoms with Crippen LogP contribution in [0.1, 0.15) is 31.0 Å². The summed E-state index contributed by atoms with van der Waals surface area (Å²) in [6.45, 7) is 0. The lowest BCUT2D eigenvalue weighted by Crippen LogP contribution is -2.14. The standard InChI is InChI=1S/C10H16N2/c1-12-6-2-3-10(12)9(11)7-8-4-5-8/h2-3,6,8-9H,4-5,7,11H2,1H3. The van der Waals surface area contributed by atoms with E-state index < -0.39 is 0 Å². The minimum absolute atomic E-state index is 0.248. The molecule has 1 aliphatic rings. The SMILES string of the molecule is Cn1cccc1C(N)CC1CC1. The van der Waals surface area contributed by atoms with E-state index in [4.69, 9.17) is 5.73 Å². The Morgan fingerprint density at radius 1 is 1.67 bits per heavy atom. The van der Waals surface area contributed by atoms with Gasteiger partial charge in [0, 0.05) is 25.0 Å². The summed E-state index contributed by atoms with van der Waals surface area (Å²) in [5.74, 6) is 0.912. The Bertz CT molecular complexity index is 261. The molecule has 12 heavy (non-hydrogen) atoms. The lowest BCUT2D eigenvalue weighted by Gasteiger charge is -2.11. The number of hydrogen-bond acceptors (Lipinski definition) is 1. The quantitative estimate of drug-likeness (QED) is 0.726. The molecule has 1 atom stereocenters. The first kappa shape index (κ1) is 7.87. The highest BCUT2D eigenvalue weighted by molar-refractivity contribution is 5.11. The third kappa shape index (κ3) is 1.53. The predicted octanol–water partition coefficient (Wildman–Crippen LogP) is 1.82. The molecule has 0 saturated heterocycles. The minimum Gasteiger partial charge on any atom is -0.353 e. The number of nitrogens with two attached hydrogens (primary N) is 1. The van der Waals surface area contributed by atoms with Crippen LogP contribution in [0.2, 0.25) is 0 Å². The van der Waals surface area contributed by atoms with E-state index in [0.29, 0.717) is 0 Å². The van der Waals surface area contributed by atoms with Gasteiger partial charge in [-0.3, -0.25) is 0 Å². The van der Waals surface area contributed by atoms with Gasteiger partial charge in [0.15, 0.2) is 0 Å². The zero-order valence-electron chi connectivity index (χ0n) is 7.53. The summed E-state index contributed by atoms with van der Waals surface area (Å²) in [4.78, 5) is 0. The average molecular weight is 164 g/mol. The molecule has 1 heterocycles. The lowest BCUT2D eigenvalue weighted by molar-refractivity contribution is 0.565. The summed E-state index contributed by atoms with van der Waals surface area (Å²) >= 11 is 0. The summed E-state index contributed by atoms with van der Waals surface area (Å²) in [6, 6.07) is 4.42. The maximum Gasteiger partial charge on any atom is 0.0452 e. The van der Waals surface area contributed by atoms with Gasteiger partial charge in [-0.05, 0) is 24.5 Å². The van der Waals surface area contributed by atoms with Gasteiger partial charge in [0.1, 0.15) is 0 Å². The molecule has 0 bridgehead atoms. The number of nitrogens with zero attached hydrogens (tertiary/aromatic N) is 1. The van der Waals surface area contributed by atoms with E-state index in [2.05, 4.69) is 29.9 Å². The number of aromatic nitrogens is 1. The van der Waals surface area contributed by atoms with Crippen LogP contribution in [-0.4, -0.2) is 4.57 Å². The molecule has 1 fully saturated rings. The van der Waals surface area contributed by atoms with Gasteiger partial charge in [-0.1, -0.05) is 12.8 Å². The van der Waals surface area contributed by atoms with Crippen LogP contribution in [0.5, 0.6) is 0 Å². The Labute approximate surface area is 73.4 Å². The maximum atomic E-state index is 6.06. The van der Waals surface area contributed by atoms with Crippen LogP contribution in [0.15, 0.2) is 18.3 Å². The van der Waals surface area contributed by atoms with Crippen molar-refractivity contribution in [3.8, 4) is 0 Å². The predicted molar refractivity (Wildman–Crippen MR) is 49.7 cm³/mol. The number of rotatable bonds is 3. The third-order valence-corrected chi connectivity index (χ3v) is 2.65. The van der Waals surface area contributed by atoms with Gasteiger partial charge in [0.2, 0.25) is 0 Å². The Morgan fingerprint density at radius 3 is 2.92 bits per heavy atom. The van der Waals surface area contributed by atoms with E-state index in [1.54, 1.807) is 0 Å². The second-order valence-electron chi connectivity index (χ2n) is 3.83. The van der Waals surface area contributed by atoms with E-state index in [1.807, 2.05) is 0 Å². The summed E-state index contributed by atoms with van der Waals surface area (Å²) in [7, 11) is 2.06. The normalized spacial score (nSPS) is 19.5. The average Bonchev–Trinajstić information content (AvgIpc) is 2.72. The van der Waals surface area contributed by atoms with Crippen molar-refractivity contribution in [2.75, 3.05) is 0 Å². The molecule has 1 aromatic rings.